The number of fused-ring (bicyclic) bond motifs is 1. The lowest BCUT2D eigenvalue weighted by molar-refractivity contribution is 0.0724. The van der Waals surface area contributed by atoms with E-state index in [4.69, 9.17) is 9.47 Å². The molecule has 0 radical (unpaired) electrons. The van der Waals surface area contributed by atoms with Gasteiger partial charge < -0.3 is 29.4 Å². The summed E-state index contributed by atoms with van der Waals surface area (Å²) in [4.78, 5) is 19.4. The van der Waals surface area contributed by atoms with Crippen LogP contribution in [0.2, 0.25) is 0 Å². The second-order valence-electron chi connectivity index (χ2n) is 10.7. The molecule has 8 nitrogen and oxygen atoms in total. The molecule has 10 heteroatoms. The first-order valence-electron chi connectivity index (χ1n) is 14.4. The summed E-state index contributed by atoms with van der Waals surface area (Å²) in [5.74, 6) is -0.416. The zero-order valence-electron chi connectivity index (χ0n) is 24.4. The number of nitrogens with one attached hydrogen (secondary N) is 1. The van der Waals surface area contributed by atoms with Gasteiger partial charge in [-0.1, -0.05) is 6.07 Å². The zero-order valence-corrected chi connectivity index (χ0v) is 24.4. The Labute approximate surface area is 253 Å². The van der Waals surface area contributed by atoms with E-state index < -0.39 is 11.6 Å². The van der Waals surface area contributed by atoms with E-state index in [0.29, 0.717) is 39.3 Å². The monoisotopic (exact) mass is 598 g/mol. The molecule has 3 heterocycles. The number of benzene rings is 3. The number of pyridine rings is 1. The van der Waals surface area contributed by atoms with Gasteiger partial charge in [-0.15, -0.1) is 0 Å². The van der Waals surface area contributed by atoms with Crippen molar-refractivity contribution in [1.82, 2.24) is 14.5 Å². The Morgan fingerprint density at radius 3 is 2.36 bits per heavy atom. The zero-order chi connectivity index (χ0) is 30.8. The average Bonchev–Trinajstić information content (AvgIpc) is 3.36. The van der Waals surface area contributed by atoms with Crippen LogP contribution in [0.1, 0.15) is 35.2 Å². The van der Waals surface area contributed by atoms with Crippen molar-refractivity contribution >= 4 is 28.2 Å². The number of hydrogen-bond donors (Lipinski definition) is 2. The number of likely N-dealkylation sites (tertiary alicyclic amines) is 1. The van der Waals surface area contributed by atoms with Gasteiger partial charge in [-0.3, -0.25) is 4.79 Å². The van der Waals surface area contributed by atoms with Crippen LogP contribution in [-0.4, -0.2) is 52.8 Å². The lowest BCUT2D eigenvalue weighted by Gasteiger charge is -2.26. The van der Waals surface area contributed by atoms with Gasteiger partial charge in [-0.05, 0) is 73.9 Å². The van der Waals surface area contributed by atoms with Gasteiger partial charge in [-0.2, -0.15) is 0 Å². The molecule has 1 aliphatic heterocycles. The molecule has 6 rings (SSSR count). The number of methoxy groups -OCH3 is 2. The van der Waals surface area contributed by atoms with Crippen LogP contribution in [0.3, 0.4) is 0 Å². The fourth-order valence-corrected chi connectivity index (χ4v) is 5.63. The number of rotatable bonds is 8. The molecule has 0 aliphatic carbocycles. The van der Waals surface area contributed by atoms with E-state index >= 15 is 0 Å². The lowest BCUT2D eigenvalue weighted by atomic mass is 10.1. The summed E-state index contributed by atoms with van der Waals surface area (Å²) in [6.45, 7) is 1.73. The lowest BCUT2D eigenvalue weighted by Crippen LogP contribution is -2.35. The number of amides is 1. The van der Waals surface area contributed by atoms with Crippen LogP contribution < -0.4 is 14.8 Å². The van der Waals surface area contributed by atoms with Gasteiger partial charge in [0.15, 0.2) is 0 Å². The highest BCUT2D eigenvalue weighted by molar-refractivity contribution is 6.00. The van der Waals surface area contributed by atoms with Crippen molar-refractivity contribution in [1.29, 1.82) is 0 Å². The molecule has 1 amide bonds. The number of hydrogen-bond acceptors (Lipinski definition) is 6. The number of carbonyl (C=O) groups is 1. The number of ether oxygens (including phenoxy) is 2. The number of halogens is 2. The molecule has 2 aromatic heterocycles. The van der Waals surface area contributed by atoms with E-state index in [1.54, 1.807) is 61.4 Å². The Kier molecular flexibility index (Phi) is 8.06. The molecule has 0 saturated carbocycles. The fraction of sp³-hybridized carbons (Fsp3) is 0.235. The van der Waals surface area contributed by atoms with Crippen LogP contribution in [0.5, 0.6) is 17.4 Å². The van der Waals surface area contributed by atoms with Crippen LogP contribution in [0, 0.1) is 11.6 Å². The molecule has 0 spiro atoms. The first-order valence-corrected chi connectivity index (χ1v) is 14.4. The Hall–Kier alpha value is -5.12. The molecular formula is C34H32F2N4O4. The van der Waals surface area contributed by atoms with Gasteiger partial charge in [0, 0.05) is 42.2 Å². The highest BCUT2D eigenvalue weighted by Gasteiger charge is 2.22. The third-order valence-corrected chi connectivity index (χ3v) is 7.93. The first-order chi connectivity index (χ1) is 21.4. The summed E-state index contributed by atoms with van der Waals surface area (Å²) in [6, 6.07) is 17.6. The normalized spacial score (nSPS) is 13.2. The number of aromatic hydroxyl groups is 1. The van der Waals surface area contributed by atoms with Crippen molar-refractivity contribution in [3.63, 3.8) is 0 Å². The van der Waals surface area contributed by atoms with E-state index in [-0.39, 0.29) is 29.6 Å². The van der Waals surface area contributed by atoms with E-state index in [1.807, 2.05) is 11.0 Å². The Morgan fingerprint density at radius 2 is 1.68 bits per heavy atom. The third kappa shape index (κ3) is 5.62. The topological polar surface area (TPSA) is 88.9 Å². The Morgan fingerprint density at radius 1 is 0.955 bits per heavy atom. The summed E-state index contributed by atoms with van der Waals surface area (Å²) >= 11 is 0. The van der Waals surface area contributed by atoms with Crippen LogP contribution in [0.15, 0.2) is 72.9 Å². The molecule has 0 bridgehead atoms. The highest BCUT2D eigenvalue weighted by Crippen LogP contribution is 2.39. The number of anilines is 2. The maximum absolute atomic E-state index is 14.9. The quantitative estimate of drug-likeness (QED) is 0.198. The number of aromatic nitrogens is 2. The molecule has 1 fully saturated rings. The van der Waals surface area contributed by atoms with E-state index in [2.05, 4.69) is 10.3 Å². The van der Waals surface area contributed by atoms with Crippen LogP contribution >= 0.6 is 0 Å². The molecular weight excluding hydrogens is 566 g/mol. The largest absolute Gasteiger partial charge is 0.497 e. The molecule has 1 aliphatic rings. The third-order valence-electron chi connectivity index (χ3n) is 7.93. The van der Waals surface area contributed by atoms with E-state index in [1.165, 1.54) is 24.3 Å². The maximum Gasteiger partial charge on any atom is 0.253 e. The average molecular weight is 599 g/mol. The molecule has 0 atom stereocenters. The molecule has 44 heavy (non-hydrogen) atoms. The summed E-state index contributed by atoms with van der Waals surface area (Å²) < 4.78 is 42.2. The maximum atomic E-state index is 14.9. The van der Waals surface area contributed by atoms with Gasteiger partial charge >= 0.3 is 0 Å². The molecule has 3 aromatic carbocycles. The van der Waals surface area contributed by atoms with Crippen molar-refractivity contribution in [3.8, 4) is 28.6 Å². The number of carbonyl (C=O) groups excluding carboxylic acids is 1. The molecule has 1 saturated heterocycles. The Balaban J connectivity index is 1.40. The van der Waals surface area contributed by atoms with Crippen LogP contribution in [0.4, 0.5) is 20.2 Å². The minimum Gasteiger partial charge on any atom is -0.497 e. The highest BCUT2D eigenvalue weighted by atomic mass is 19.1. The van der Waals surface area contributed by atoms with Crippen molar-refractivity contribution in [2.45, 2.75) is 25.8 Å². The summed E-state index contributed by atoms with van der Waals surface area (Å²) in [7, 11) is 3.11. The predicted octanol–water partition coefficient (Wildman–Crippen LogP) is 7.12. The van der Waals surface area contributed by atoms with Crippen molar-refractivity contribution in [2.24, 2.45) is 0 Å². The Bertz CT molecular complexity index is 1810. The van der Waals surface area contributed by atoms with E-state index in [9.17, 15) is 18.7 Å². The van der Waals surface area contributed by atoms with Gasteiger partial charge in [0.05, 0.1) is 48.6 Å². The second kappa shape index (κ2) is 12.2. The molecule has 226 valence electrons. The summed E-state index contributed by atoms with van der Waals surface area (Å²) in [6.07, 6.45) is 4.77. The minimum absolute atomic E-state index is 0.0106. The van der Waals surface area contributed by atoms with Gasteiger partial charge in [-0.25, -0.2) is 13.8 Å². The fourth-order valence-electron chi connectivity index (χ4n) is 5.63. The first kappa shape index (κ1) is 29.0. The summed E-state index contributed by atoms with van der Waals surface area (Å²) in [5, 5.41) is 15.1. The van der Waals surface area contributed by atoms with E-state index in [0.717, 1.165) is 37.9 Å². The van der Waals surface area contributed by atoms with Crippen LogP contribution in [-0.2, 0) is 6.54 Å². The number of piperidine rings is 1. The number of nitrogens with zero attached hydrogens (tertiary/aromatic N) is 3. The smallest absolute Gasteiger partial charge is 0.253 e. The standard InChI is InChI=1S/C34H32F2N4O4/c1-43-24-14-11-22(30(17-24)44-2)19-40-20-29-32(34(40)42)28(18-27(38-29)31-25(35)7-6-8-26(31)36)37-23-12-9-21(10-13-23)33(41)39-15-4-3-5-16-39/h6-14,17-18,20,37,42H,3-5,15-16,19H2,1-2H3. The second-order valence-corrected chi connectivity index (χ2v) is 10.7. The van der Waals surface area contributed by atoms with Crippen LogP contribution in [0.25, 0.3) is 22.2 Å². The van der Waals surface area contributed by atoms with Crippen molar-refractivity contribution in [2.75, 3.05) is 32.6 Å². The molecule has 0 unspecified atom stereocenters. The molecule has 5 aromatic rings. The summed E-state index contributed by atoms with van der Waals surface area (Å²) in [5.41, 5.74) is 2.48. The SMILES string of the molecule is COc1ccc(Cn2cc3nc(-c4c(F)cccc4F)cc(Nc4ccc(C(=O)N5CCCCC5)cc4)c3c2O)c(OC)c1. The minimum atomic E-state index is -0.755. The predicted molar refractivity (Wildman–Crippen MR) is 165 cm³/mol. The van der Waals surface area contributed by atoms with Gasteiger partial charge in [0.1, 0.15) is 23.1 Å². The molecule has 2 N–H and O–H groups in total. The van der Waals surface area contributed by atoms with Crippen molar-refractivity contribution in [3.05, 3.63) is 95.7 Å². The van der Waals surface area contributed by atoms with Gasteiger partial charge in [0.25, 0.3) is 5.91 Å². The van der Waals surface area contributed by atoms with Crippen molar-refractivity contribution < 1.29 is 28.2 Å². The van der Waals surface area contributed by atoms with Gasteiger partial charge in [0.2, 0.25) is 5.88 Å².